The zero-order valence-corrected chi connectivity index (χ0v) is 14.6. The zero-order valence-electron chi connectivity index (χ0n) is 13.1. The molecule has 0 spiro atoms. The van der Waals surface area contributed by atoms with Crippen LogP contribution in [0.4, 0.5) is 17.5 Å². The molecule has 0 saturated heterocycles. The van der Waals surface area contributed by atoms with Gasteiger partial charge in [0, 0.05) is 36.1 Å². The molecule has 0 amide bonds. The van der Waals surface area contributed by atoms with Crippen LogP contribution in [0.3, 0.4) is 0 Å². The van der Waals surface area contributed by atoms with Crippen LogP contribution in [0.5, 0.6) is 0 Å². The minimum Gasteiger partial charge on any atom is -0.383 e. The predicted octanol–water partition coefficient (Wildman–Crippen LogP) is 3.15. The lowest BCUT2D eigenvalue weighted by molar-refractivity contribution is 0.874. The molecule has 1 aromatic carbocycles. The van der Waals surface area contributed by atoms with Gasteiger partial charge in [-0.05, 0) is 24.1 Å². The van der Waals surface area contributed by atoms with Crippen LogP contribution in [0.25, 0.3) is 11.1 Å². The Morgan fingerprint density at radius 3 is 2.13 bits per heavy atom. The number of nitrogens with two attached hydrogens (primary N) is 2. The van der Waals surface area contributed by atoms with Gasteiger partial charge in [-0.15, -0.1) is 23.2 Å². The van der Waals surface area contributed by atoms with Gasteiger partial charge in [-0.1, -0.05) is 19.1 Å². The Hall–Kier alpha value is -1.72. The Kier molecular flexibility index (Phi) is 6.30. The standard InChI is InChI=1S/C16H21Cl2N5/c1-2-13-14(15(19)22-16(20)21-13)11-3-5-12(6-4-11)23(9-7-17)10-8-18/h3-6H,2,7-10H2,1H3,(H4,19,20,21,22). The fourth-order valence-corrected chi connectivity index (χ4v) is 2.94. The van der Waals surface area contributed by atoms with Gasteiger partial charge in [0.1, 0.15) is 5.82 Å². The van der Waals surface area contributed by atoms with Crippen LogP contribution in [-0.4, -0.2) is 34.8 Å². The maximum Gasteiger partial charge on any atom is 0.222 e. The van der Waals surface area contributed by atoms with E-state index in [-0.39, 0.29) is 5.95 Å². The predicted molar refractivity (Wildman–Crippen MR) is 99.3 cm³/mol. The number of anilines is 3. The van der Waals surface area contributed by atoms with Gasteiger partial charge in [-0.3, -0.25) is 0 Å². The van der Waals surface area contributed by atoms with E-state index in [2.05, 4.69) is 14.9 Å². The molecule has 0 saturated carbocycles. The van der Waals surface area contributed by atoms with E-state index in [9.17, 15) is 0 Å². The van der Waals surface area contributed by atoms with Gasteiger partial charge >= 0.3 is 0 Å². The first-order valence-electron chi connectivity index (χ1n) is 7.49. The van der Waals surface area contributed by atoms with Gasteiger partial charge in [0.25, 0.3) is 0 Å². The van der Waals surface area contributed by atoms with Gasteiger partial charge < -0.3 is 16.4 Å². The van der Waals surface area contributed by atoms with Gasteiger partial charge in [-0.25, -0.2) is 4.98 Å². The summed E-state index contributed by atoms with van der Waals surface area (Å²) in [5.74, 6) is 1.71. The van der Waals surface area contributed by atoms with Crippen molar-refractivity contribution >= 4 is 40.7 Å². The molecule has 1 heterocycles. The van der Waals surface area contributed by atoms with E-state index < -0.39 is 0 Å². The van der Waals surface area contributed by atoms with Crippen molar-refractivity contribution in [1.82, 2.24) is 9.97 Å². The third-order valence-corrected chi connectivity index (χ3v) is 3.93. The van der Waals surface area contributed by atoms with Gasteiger partial charge in [0.2, 0.25) is 5.95 Å². The van der Waals surface area contributed by atoms with Crippen molar-refractivity contribution in [2.75, 3.05) is 41.2 Å². The van der Waals surface area contributed by atoms with Crippen LogP contribution in [-0.2, 0) is 6.42 Å². The molecule has 2 aromatic rings. The summed E-state index contributed by atoms with van der Waals surface area (Å²) in [6.45, 7) is 3.52. The highest BCUT2D eigenvalue weighted by atomic mass is 35.5. The SMILES string of the molecule is CCc1nc(N)nc(N)c1-c1ccc(N(CCCl)CCCl)cc1. The molecule has 4 N–H and O–H groups in total. The molecular formula is C16H21Cl2N5. The minimum atomic E-state index is 0.204. The molecule has 0 aliphatic heterocycles. The summed E-state index contributed by atoms with van der Waals surface area (Å²) in [7, 11) is 0. The van der Waals surface area contributed by atoms with Crippen LogP contribution in [0.2, 0.25) is 0 Å². The van der Waals surface area contributed by atoms with Crippen LogP contribution >= 0.6 is 23.2 Å². The highest BCUT2D eigenvalue weighted by Crippen LogP contribution is 2.30. The number of aromatic nitrogens is 2. The van der Waals surface area contributed by atoms with E-state index in [0.29, 0.717) is 17.6 Å². The summed E-state index contributed by atoms with van der Waals surface area (Å²) >= 11 is 11.7. The molecule has 0 atom stereocenters. The van der Waals surface area contributed by atoms with Crippen molar-refractivity contribution in [3.05, 3.63) is 30.0 Å². The number of alkyl halides is 2. The van der Waals surface area contributed by atoms with E-state index in [1.807, 2.05) is 31.2 Å². The topological polar surface area (TPSA) is 81.1 Å². The molecular weight excluding hydrogens is 333 g/mol. The molecule has 2 rings (SSSR count). The summed E-state index contributed by atoms with van der Waals surface area (Å²) in [5.41, 5.74) is 15.5. The number of rotatable bonds is 7. The molecule has 0 bridgehead atoms. The second-order valence-corrected chi connectivity index (χ2v) is 5.81. The summed E-state index contributed by atoms with van der Waals surface area (Å²) < 4.78 is 0. The summed E-state index contributed by atoms with van der Waals surface area (Å²) in [6.07, 6.45) is 0.735. The van der Waals surface area contributed by atoms with E-state index in [1.165, 1.54) is 0 Å². The Bertz CT molecular complexity index is 640. The van der Waals surface area contributed by atoms with Crippen molar-refractivity contribution in [3.63, 3.8) is 0 Å². The number of hydrogen-bond acceptors (Lipinski definition) is 5. The van der Waals surface area contributed by atoms with Gasteiger partial charge in [-0.2, -0.15) is 4.98 Å². The van der Waals surface area contributed by atoms with Crippen molar-refractivity contribution < 1.29 is 0 Å². The molecule has 23 heavy (non-hydrogen) atoms. The summed E-state index contributed by atoms with van der Waals surface area (Å²) in [6, 6.07) is 8.08. The molecule has 0 unspecified atom stereocenters. The molecule has 0 aliphatic rings. The molecule has 0 radical (unpaired) electrons. The van der Waals surface area contributed by atoms with Gasteiger partial charge in [0.05, 0.1) is 5.69 Å². The molecule has 124 valence electrons. The number of halogens is 2. The van der Waals surface area contributed by atoms with E-state index in [4.69, 9.17) is 34.7 Å². The first-order valence-corrected chi connectivity index (χ1v) is 8.56. The molecule has 0 fully saturated rings. The average Bonchev–Trinajstić information content (AvgIpc) is 2.54. The van der Waals surface area contributed by atoms with Crippen LogP contribution < -0.4 is 16.4 Å². The fourth-order valence-electron chi connectivity index (χ4n) is 2.53. The number of nitrogens with zero attached hydrogens (tertiary/aromatic N) is 3. The van der Waals surface area contributed by atoms with E-state index in [1.54, 1.807) is 0 Å². The summed E-state index contributed by atoms with van der Waals surface area (Å²) in [5, 5.41) is 0. The fraction of sp³-hybridized carbons (Fsp3) is 0.375. The molecule has 5 nitrogen and oxygen atoms in total. The maximum atomic E-state index is 6.05. The molecule has 0 aliphatic carbocycles. The van der Waals surface area contributed by atoms with E-state index in [0.717, 1.165) is 42.0 Å². The first-order chi connectivity index (χ1) is 11.1. The highest BCUT2D eigenvalue weighted by Gasteiger charge is 2.13. The van der Waals surface area contributed by atoms with Crippen molar-refractivity contribution in [2.45, 2.75) is 13.3 Å². The minimum absolute atomic E-state index is 0.204. The summed E-state index contributed by atoms with van der Waals surface area (Å²) in [4.78, 5) is 10.5. The molecule has 1 aromatic heterocycles. The smallest absolute Gasteiger partial charge is 0.222 e. The van der Waals surface area contributed by atoms with Crippen LogP contribution in [0.1, 0.15) is 12.6 Å². The highest BCUT2D eigenvalue weighted by molar-refractivity contribution is 6.18. The second kappa shape index (κ2) is 8.22. The monoisotopic (exact) mass is 353 g/mol. The molecule has 7 heteroatoms. The zero-order chi connectivity index (χ0) is 16.8. The number of aryl methyl sites for hydroxylation is 1. The van der Waals surface area contributed by atoms with Crippen molar-refractivity contribution in [2.24, 2.45) is 0 Å². The Morgan fingerprint density at radius 1 is 1.00 bits per heavy atom. The number of benzene rings is 1. The van der Waals surface area contributed by atoms with Crippen molar-refractivity contribution in [3.8, 4) is 11.1 Å². The Labute approximate surface area is 146 Å². The third kappa shape index (κ3) is 4.18. The lowest BCUT2D eigenvalue weighted by Crippen LogP contribution is -2.27. The van der Waals surface area contributed by atoms with Crippen molar-refractivity contribution in [1.29, 1.82) is 0 Å². The second-order valence-electron chi connectivity index (χ2n) is 5.05. The quantitative estimate of drug-likeness (QED) is 0.747. The van der Waals surface area contributed by atoms with Gasteiger partial charge in [0.15, 0.2) is 0 Å². The normalized spacial score (nSPS) is 10.7. The number of hydrogen-bond donors (Lipinski definition) is 2. The average molecular weight is 354 g/mol. The van der Waals surface area contributed by atoms with Crippen LogP contribution in [0.15, 0.2) is 24.3 Å². The number of nitrogen functional groups attached to an aromatic ring is 2. The Balaban J connectivity index is 2.36. The van der Waals surface area contributed by atoms with E-state index >= 15 is 0 Å². The lowest BCUT2D eigenvalue weighted by Gasteiger charge is -2.23. The maximum absolute atomic E-state index is 6.05. The third-order valence-electron chi connectivity index (χ3n) is 3.59. The largest absolute Gasteiger partial charge is 0.383 e. The first kappa shape index (κ1) is 17.6. The Morgan fingerprint density at radius 2 is 1.61 bits per heavy atom. The van der Waals surface area contributed by atoms with Crippen LogP contribution in [0, 0.1) is 0 Å². The lowest BCUT2D eigenvalue weighted by atomic mass is 10.0.